The number of ether oxygens (including phenoxy) is 6. The quantitative estimate of drug-likeness (QED) is 0.185. The second-order valence-electron chi connectivity index (χ2n) is 9.14. The van der Waals surface area contributed by atoms with E-state index in [1.165, 1.54) is 11.1 Å². The van der Waals surface area contributed by atoms with Gasteiger partial charge in [-0.3, -0.25) is 0 Å². The maximum Gasteiger partial charge on any atom is 0.169 e. The first-order valence-corrected chi connectivity index (χ1v) is 12.9. The molecule has 39 heavy (non-hydrogen) atoms. The lowest BCUT2D eigenvalue weighted by atomic mass is 10.0. The van der Waals surface area contributed by atoms with E-state index in [0.29, 0.717) is 17.2 Å². The summed E-state index contributed by atoms with van der Waals surface area (Å²) in [4.78, 5) is 0. The summed E-state index contributed by atoms with van der Waals surface area (Å²) in [5, 5.41) is 0. The van der Waals surface area contributed by atoms with Crippen molar-refractivity contribution in [3.63, 3.8) is 0 Å². The Balaban J connectivity index is 1.56. The van der Waals surface area contributed by atoms with Crippen molar-refractivity contribution in [3.05, 3.63) is 101 Å². The Kier molecular flexibility index (Phi) is 9.57. The SMILES string of the molecule is COc1cccc(CCc2cc(OC)cc(Oc3cc(CCc4cccc(OC)c4)c(OC)cc3OC)c2)c1. The second-order valence-corrected chi connectivity index (χ2v) is 9.14. The molecular formula is C33H36O6. The Morgan fingerprint density at radius 3 is 1.54 bits per heavy atom. The van der Waals surface area contributed by atoms with Gasteiger partial charge < -0.3 is 28.4 Å². The fraction of sp³-hybridized carbons (Fsp3) is 0.273. The molecule has 0 spiro atoms. The smallest absolute Gasteiger partial charge is 0.169 e. The molecule has 0 saturated heterocycles. The lowest BCUT2D eigenvalue weighted by molar-refractivity contribution is 0.365. The Bertz CT molecular complexity index is 1380. The molecule has 4 rings (SSSR count). The van der Waals surface area contributed by atoms with Crippen LogP contribution in [0, 0.1) is 0 Å². The van der Waals surface area contributed by atoms with E-state index in [0.717, 1.165) is 59.8 Å². The number of benzene rings is 4. The van der Waals surface area contributed by atoms with Crippen molar-refractivity contribution in [2.45, 2.75) is 25.7 Å². The van der Waals surface area contributed by atoms with Crippen molar-refractivity contribution < 1.29 is 28.4 Å². The van der Waals surface area contributed by atoms with Gasteiger partial charge in [-0.25, -0.2) is 0 Å². The molecule has 0 aliphatic carbocycles. The third-order valence-corrected chi connectivity index (χ3v) is 6.62. The van der Waals surface area contributed by atoms with Crippen molar-refractivity contribution in [1.29, 1.82) is 0 Å². The van der Waals surface area contributed by atoms with E-state index < -0.39 is 0 Å². The van der Waals surface area contributed by atoms with Crippen LogP contribution in [0.1, 0.15) is 22.3 Å². The molecule has 0 aliphatic rings. The van der Waals surface area contributed by atoms with Gasteiger partial charge >= 0.3 is 0 Å². The van der Waals surface area contributed by atoms with Gasteiger partial charge in [0.15, 0.2) is 11.5 Å². The molecule has 0 unspecified atom stereocenters. The third-order valence-electron chi connectivity index (χ3n) is 6.62. The van der Waals surface area contributed by atoms with Crippen LogP contribution >= 0.6 is 0 Å². The molecule has 6 heteroatoms. The molecule has 0 heterocycles. The van der Waals surface area contributed by atoms with Crippen LogP contribution in [0.3, 0.4) is 0 Å². The summed E-state index contributed by atoms with van der Waals surface area (Å²) in [6.45, 7) is 0. The molecule has 0 radical (unpaired) electrons. The molecule has 6 nitrogen and oxygen atoms in total. The van der Waals surface area contributed by atoms with E-state index in [-0.39, 0.29) is 0 Å². The third kappa shape index (κ3) is 7.38. The summed E-state index contributed by atoms with van der Waals surface area (Å²) in [5.74, 6) is 5.08. The number of hydrogen-bond donors (Lipinski definition) is 0. The average Bonchev–Trinajstić information content (AvgIpc) is 2.99. The first-order valence-electron chi connectivity index (χ1n) is 12.9. The van der Waals surface area contributed by atoms with E-state index in [1.807, 2.05) is 54.6 Å². The van der Waals surface area contributed by atoms with E-state index >= 15 is 0 Å². The molecular weight excluding hydrogens is 492 g/mol. The zero-order valence-corrected chi connectivity index (χ0v) is 23.3. The van der Waals surface area contributed by atoms with Crippen molar-refractivity contribution in [3.8, 4) is 40.2 Å². The van der Waals surface area contributed by atoms with Gasteiger partial charge in [-0.1, -0.05) is 24.3 Å². The second kappa shape index (κ2) is 13.5. The number of methoxy groups -OCH3 is 5. The topological polar surface area (TPSA) is 55.4 Å². The van der Waals surface area contributed by atoms with Crippen LogP contribution in [0.15, 0.2) is 78.9 Å². The summed E-state index contributed by atoms with van der Waals surface area (Å²) < 4.78 is 34.1. The van der Waals surface area contributed by atoms with E-state index in [2.05, 4.69) is 24.3 Å². The minimum atomic E-state index is 0.595. The normalized spacial score (nSPS) is 10.6. The van der Waals surface area contributed by atoms with Gasteiger partial charge in [0, 0.05) is 12.1 Å². The predicted octanol–water partition coefficient (Wildman–Crippen LogP) is 7.09. The van der Waals surface area contributed by atoms with Crippen LogP contribution in [-0.2, 0) is 25.7 Å². The first-order chi connectivity index (χ1) is 19.0. The number of aryl methyl sites for hydroxylation is 4. The fourth-order valence-corrected chi connectivity index (χ4v) is 4.51. The Labute approximate surface area is 231 Å². The fourth-order valence-electron chi connectivity index (χ4n) is 4.51. The van der Waals surface area contributed by atoms with Gasteiger partial charge in [0.1, 0.15) is 28.7 Å². The maximum absolute atomic E-state index is 6.40. The monoisotopic (exact) mass is 528 g/mol. The van der Waals surface area contributed by atoms with Gasteiger partial charge in [-0.05, 0) is 90.4 Å². The number of rotatable bonds is 13. The van der Waals surface area contributed by atoms with Gasteiger partial charge in [-0.15, -0.1) is 0 Å². The molecule has 204 valence electrons. The van der Waals surface area contributed by atoms with Crippen molar-refractivity contribution in [2.75, 3.05) is 35.5 Å². The summed E-state index contributed by atoms with van der Waals surface area (Å²) in [5.41, 5.74) is 4.52. The Hall–Kier alpha value is -4.32. The molecule has 0 saturated carbocycles. The van der Waals surface area contributed by atoms with Crippen LogP contribution in [-0.4, -0.2) is 35.5 Å². The van der Waals surface area contributed by atoms with Crippen molar-refractivity contribution in [2.24, 2.45) is 0 Å². The van der Waals surface area contributed by atoms with Crippen LogP contribution in [0.2, 0.25) is 0 Å². The zero-order chi connectivity index (χ0) is 27.6. The summed E-state index contributed by atoms with van der Waals surface area (Å²) in [6, 6.07) is 26.1. The lowest BCUT2D eigenvalue weighted by Crippen LogP contribution is -2.00. The Morgan fingerprint density at radius 2 is 0.949 bits per heavy atom. The molecule has 0 atom stereocenters. The van der Waals surface area contributed by atoms with Crippen LogP contribution in [0.4, 0.5) is 0 Å². The standard InChI is InChI=1S/C33H36O6/c1-34-27-10-6-8-23(16-27)12-13-25-18-29(36-3)21-30(19-25)39-33-20-26(31(37-4)22-32(33)38-5)15-14-24-9-7-11-28(17-24)35-2/h6-11,16-22H,12-15H2,1-5H3. The molecule has 4 aromatic carbocycles. The van der Waals surface area contributed by atoms with E-state index in [1.54, 1.807) is 35.5 Å². The van der Waals surface area contributed by atoms with Gasteiger partial charge in [0.25, 0.3) is 0 Å². The molecule has 0 bridgehead atoms. The highest BCUT2D eigenvalue weighted by Crippen LogP contribution is 2.39. The largest absolute Gasteiger partial charge is 0.497 e. The summed E-state index contributed by atoms with van der Waals surface area (Å²) >= 11 is 0. The van der Waals surface area contributed by atoms with Crippen LogP contribution in [0.25, 0.3) is 0 Å². The summed E-state index contributed by atoms with van der Waals surface area (Å²) in [7, 11) is 8.32. The van der Waals surface area contributed by atoms with Gasteiger partial charge in [0.2, 0.25) is 0 Å². The molecule has 0 aromatic heterocycles. The van der Waals surface area contributed by atoms with E-state index in [4.69, 9.17) is 28.4 Å². The molecule has 0 N–H and O–H groups in total. The van der Waals surface area contributed by atoms with E-state index in [9.17, 15) is 0 Å². The molecule has 4 aromatic rings. The van der Waals surface area contributed by atoms with Gasteiger partial charge in [-0.2, -0.15) is 0 Å². The highest BCUT2D eigenvalue weighted by Gasteiger charge is 2.15. The Morgan fingerprint density at radius 1 is 0.410 bits per heavy atom. The minimum Gasteiger partial charge on any atom is -0.497 e. The molecule has 0 fully saturated rings. The van der Waals surface area contributed by atoms with Crippen LogP contribution in [0.5, 0.6) is 40.2 Å². The first kappa shape index (κ1) is 27.7. The van der Waals surface area contributed by atoms with Gasteiger partial charge in [0.05, 0.1) is 35.5 Å². The predicted molar refractivity (Wildman–Crippen MR) is 153 cm³/mol. The van der Waals surface area contributed by atoms with Crippen molar-refractivity contribution in [1.82, 2.24) is 0 Å². The van der Waals surface area contributed by atoms with Crippen molar-refractivity contribution >= 4 is 0 Å². The number of hydrogen-bond acceptors (Lipinski definition) is 6. The lowest BCUT2D eigenvalue weighted by Gasteiger charge is -2.17. The zero-order valence-electron chi connectivity index (χ0n) is 23.3. The highest BCUT2D eigenvalue weighted by atomic mass is 16.5. The maximum atomic E-state index is 6.40. The van der Waals surface area contributed by atoms with Crippen LogP contribution < -0.4 is 28.4 Å². The minimum absolute atomic E-state index is 0.595. The molecule has 0 amide bonds. The highest BCUT2D eigenvalue weighted by molar-refractivity contribution is 5.53. The average molecular weight is 529 g/mol. The molecule has 0 aliphatic heterocycles. The summed E-state index contributed by atoms with van der Waals surface area (Å²) in [6.07, 6.45) is 3.28.